The third kappa shape index (κ3) is 5.41. The van der Waals surface area contributed by atoms with E-state index in [1.807, 2.05) is 14.0 Å². The van der Waals surface area contributed by atoms with Crippen molar-refractivity contribution in [1.29, 1.82) is 0 Å². The van der Waals surface area contributed by atoms with Crippen molar-refractivity contribution < 1.29 is 9.47 Å². The molecule has 134 valence electrons. The summed E-state index contributed by atoms with van der Waals surface area (Å²) in [6, 6.07) is 6.25. The van der Waals surface area contributed by atoms with Gasteiger partial charge in [-0.2, -0.15) is 0 Å². The van der Waals surface area contributed by atoms with Crippen LogP contribution < -0.4 is 15.4 Å². The second kappa shape index (κ2) is 8.92. The summed E-state index contributed by atoms with van der Waals surface area (Å²) in [5.74, 6) is 1.74. The number of methoxy groups -OCH3 is 1. The maximum absolute atomic E-state index is 5.50. The summed E-state index contributed by atoms with van der Waals surface area (Å²) in [5.41, 5.74) is 2.72. The molecule has 0 aromatic heterocycles. The number of nitrogens with one attached hydrogen (secondary N) is 2. The number of hydrogen-bond donors (Lipinski definition) is 2. The van der Waals surface area contributed by atoms with Gasteiger partial charge in [0.15, 0.2) is 5.96 Å². The number of ether oxygens (including phenoxy) is 2. The summed E-state index contributed by atoms with van der Waals surface area (Å²) >= 11 is 0. The highest BCUT2D eigenvalue weighted by Crippen LogP contribution is 2.48. The highest BCUT2D eigenvalue weighted by Gasteiger charge is 2.41. The van der Waals surface area contributed by atoms with Gasteiger partial charge in [0.25, 0.3) is 0 Å². The Labute approximate surface area is 145 Å². The summed E-state index contributed by atoms with van der Waals surface area (Å²) in [7, 11) is 3.52. The maximum Gasteiger partial charge on any atom is 0.191 e. The third-order valence-corrected chi connectivity index (χ3v) is 4.68. The van der Waals surface area contributed by atoms with Crippen LogP contribution in [0.2, 0.25) is 0 Å². The predicted octanol–water partition coefficient (Wildman–Crippen LogP) is 2.88. The molecule has 0 amide bonds. The first kappa shape index (κ1) is 18.6. The van der Waals surface area contributed by atoms with Gasteiger partial charge >= 0.3 is 0 Å². The first-order chi connectivity index (χ1) is 11.6. The molecule has 5 nitrogen and oxygen atoms in total. The molecule has 5 heteroatoms. The van der Waals surface area contributed by atoms with Crippen molar-refractivity contribution in [2.45, 2.75) is 39.7 Å². The van der Waals surface area contributed by atoms with Crippen LogP contribution in [0.5, 0.6) is 5.75 Å². The molecule has 2 N–H and O–H groups in total. The number of hydrogen-bond acceptors (Lipinski definition) is 3. The molecule has 1 fully saturated rings. The zero-order valence-electron chi connectivity index (χ0n) is 15.4. The summed E-state index contributed by atoms with van der Waals surface area (Å²) in [6.45, 7) is 7.40. The van der Waals surface area contributed by atoms with E-state index in [2.05, 4.69) is 40.7 Å². The maximum atomic E-state index is 5.50. The second-order valence-electron chi connectivity index (χ2n) is 6.54. The minimum atomic E-state index is 0.397. The summed E-state index contributed by atoms with van der Waals surface area (Å²) in [5, 5.41) is 6.84. The largest absolute Gasteiger partial charge is 0.496 e. The van der Waals surface area contributed by atoms with Crippen LogP contribution in [0.15, 0.2) is 23.2 Å². The monoisotopic (exact) mass is 333 g/mol. The van der Waals surface area contributed by atoms with Gasteiger partial charge in [-0.1, -0.05) is 12.1 Å². The van der Waals surface area contributed by atoms with Crippen LogP contribution in [0.25, 0.3) is 0 Å². The minimum absolute atomic E-state index is 0.397. The molecule has 0 radical (unpaired) electrons. The van der Waals surface area contributed by atoms with Crippen molar-refractivity contribution in [3.63, 3.8) is 0 Å². The number of rotatable bonds is 9. The number of nitrogens with zero attached hydrogens (tertiary/aromatic N) is 1. The smallest absolute Gasteiger partial charge is 0.191 e. The van der Waals surface area contributed by atoms with Gasteiger partial charge in [0.1, 0.15) is 5.75 Å². The number of guanidine groups is 1. The van der Waals surface area contributed by atoms with Gasteiger partial charge < -0.3 is 20.1 Å². The highest BCUT2D eigenvalue weighted by atomic mass is 16.5. The third-order valence-electron chi connectivity index (χ3n) is 4.68. The first-order valence-corrected chi connectivity index (χ1v) is 8.78. The predicted molar refractivity (Wildman–Crippen MR) is 98.7 cm³/mol. The Morgan fingerprint density at radius 1 is 1.29 bits per heavy atom. The fourth-order valence-corrected chi connectivity index (χ4v) is 2.79. The summed E-state index contributed by atoms with van der Waals surface area (Å²) < 4.78 is 11.0. The van der Waals surface area contributed by atoms with Crippen molar-refractivity contribution in [3.05, 3.63) is 29.3 Å². The van der Waals surface area contributed by atoms with Gasteiger partial charge in [-0.05, 0) is 50.2 Å². The Morgan fingerprint density at radius 2 is 2.08 bits per heavy atom. The van der Waals surface area contributed by atoms with Gasteiger partial charge in [-0.15, -0.1) is 0 Å². The molecule has 1 aromatic rings. The van der Waals surface area contributed by atoms with E-state index in [-0.39, 0.29) is 0 Å². The molecule has 1 aliphatic carbocycles. The zero-order chi connectivity index (χ0) is 17.4. The minimum Gasteiger partial charge on any atom is -0.496 e. The lowest BCUT2D eigenvalue weighted by atomic mass is 10.0. The van der Waals surface area contributed by atoms with Gasteiger partial charge in [-0.25, -0.2) is 0 Å². The van der Waals surface area contributed by atoms with Gasteiger partial charge in [0.2, 0.25) is 0 Å². The molecular formula is C19H31N3O2. The van der Waals surface area contributed by atoms with Crippen molar-refractivity contribution in [1.82, 2.24) is 10.6 Å². The topological polar surface area (TPSA) is 54.9 Å². The van der Waals surface area contributed by atoms with E-state index in [0.29, 0.717) is 12.0 Å². The van der Waals surface area contributed by atoms with Gasteiger partial charge in [0, 0.05) is 38.9 Å². The van der Waals surface area contributed by atoms with Crippen LogP contribution in [0.3, 0.4) is 0 Å². The Hall–Kier alpha value is -1.75. The van der Waals surface area contributed by atoms with E-state index in [0.717, 1.165) is 43.5 Å². The summed E-state index contributed by atoms with van der Waals surface area (Å²) in [4.78, 5) is 4.33. The lowest BCUT2D eigenvalue weighted by molar-refractivity contribution is 0.128. The van der Waals surface area contributed by atoms with Crippen molar-refractivity contribution in [3.8, 4) is 5.75 Å². The number of benzene rings is 1. The molecule has 24 heavy (non-hydrogen) atoms. The molecule has 0 atom stereocenters. The lowest BCUT2D eigenvalue weighted by Crippen LogP contribution is -2.40. The van der Waals surface area contributed by atoms with Crippen LogP contribution in [0.1, 0.15) is 37.3 Å². The van der Waals surface area contributed by atoms with Crippen LogP contribution in [0, 0.1) is 12.3 Å². The Bertz CT molecular complexity index is 554. The highest BCUT2D eigenvalue weighted by molar-refractivity contribution is 5.79. The van der Waals surface area contributed by atoms with Gasteiger partial charge in [0.05, 0.1) is 7.11 Å². The molecule has 0 saturated heterocycles. The fraction of sp³-hybridized carbons (Fsp3) is 0.632. The lowest BCUT2D eigenvalue weighted by Gasteiger charge is -2.19. The number of aliphatic imine (C=N–C) groups is 1. The standard InChI is InChI=1S/C19H31N3O2/c1-5-24-11-10-19(8-9-19)14-22-18(20-3)21-13-16-7-6-15(2)12-17(16)23-4/h6-7,12H,5,8-11,13-14H2,1-4H3,(H2,20,21,22). The van der Waals surface area contributed by atoms with Crippen LogP contribution in [-0.4, -0.2) is 39.9 Å². The fourth-order valence-electron chi connectivity index (χ4n) is 2.79. The van der Waals surface area contributed by atoms with E-state index < -0.39 is 0 Å². The van der Waals surface area contributed by atoms with E-state index >= 15 is 0 Å². The molecular weight excluding hydrogens is 302 g/mol. The summed E-state index contributed by atoms with van der Waals surface area (Å²) in [6.07, 6.45) is 3.67. The molecule has 1 aliphatic rings. The van der Waals surface area contributed by atoms with Gasteiger partial charge in [-0.3, -0.25) is 4.99 Å². The quantitative estimate of drug-likeness (QED) is 0.414. The molecule has 0 bridgehead atoms. The Morgan fingerprint density at radius 3 is 2.71 bits per heavy atom. The Kier molecular flexibility index (Phi) is 6.91. The van der Waals surface area contributed by atoms with Crippen LogP contribution in [0.4, 0.5) is 0 Å². The SMILES string of the molecule is CCOCCC1(CNC(=NC)NCc2ccc(C)cc2OC)CC1. The van der Waals surface area contributed by atoms with Crippen LogP contribution in [-0.2, 0) is 11.3 Å². The zero-order valence-corrected chi connectivity index (χ0v) is 15.4. The Balaban J connectivity index is 1.81. The van der Waals surface area contributed by atoms with E-state index in [1.165, 1.54) is 18.4 Å². The van der Waals surface area contributed by atoms with Crippen LogP contribution >= 0.6 is 0 Å². The molecule has 0 aliphatic heterocycles. The molecule has 0 heterocycles. The van der Waals surface area contributed by atoms with E-state index in [1.54, 1.807) is 7.11 Å². The first-order valence-electron chi connectivity index (χ1n) is 8.78. The van der Waals surface area contributed by atoms with Crippen molar-refractivity contribution in [2.75, 3.05) is 33.9 Å². The number of aryl methyl sites for hydroxylation is 1. The van der Waals surface area contributed by atoms with E-state index in [4.69, 9.17) is 9.47 Å². The molecule has 0 spiro atoms. The molecule has 1 saturated carbocycles. The average Bonchev–Trinajstić information content (AvgIpc) is 3.36. The van der Waals surface area contributed by atoms with E-state index in [9.17, 15) is 0 Å². The average molecular weight is 333 g/mol. The molecule has 0 unspecified atom stereocenters. The molecule has 2 rings (SSSR count). The molecule has 1 aromatic carbocycles. The van der Waals surface area contributed by atoms with Crippen molar-refractivity contribution in [2.24, 2.45) is 10.4 Å². The van der Waals surface area contributed by atoms with Crippen molar-refractivity contribution >= 4 is 5.96 Å². The second-order valence-corrected chi connectivity index (χ2v) is 6.54. The normalized spacial score (nSPS) is 15.9.